The fourth-order valence-corrected chi connectivity index (χ4v) is 4.54. The Labute approximate surface area is 171 Å². The van der Waals surface area contributed by atoms with E-state index >= 15 is 0 Å². The second kappa shape index (κ2) is 9.76. The topological polar surface area (TPSA) is 82.7 Å². The number of halogens is 1. The van der Waals surface area contributed by atoms with Crippen molar-refractivity contribution in [3.05, 3.63) is 41.4 Å². The molecule has 28 heavy (non-hydrogen) atoms. The fourth-order valence-electron chi connectivity index (χ4n) is 4.41. The third kappa shape index (κ3) is 5.27. The van der Waals surface area contributed by atoms with Gasteiger partial charge in [0.05, 0.1) is 17.8 Å². The molecule has 0 saturated heterocycles. The van der Waals surface area contributed by atoms with E-state index in [4.69, 9.17) is 26.3 Å². The normalized spacial score (nSPS) is 30.3. The molecule has 0 amide bonds. The summed E-state index contributed by atoms with van der Waals surface area (Å²) in [5.74, 6) is 0.921. The molecule has 2 saturated carbocycles. The number of hydrogen-bond acceptors (Lipinski definition) is 5. The molecule has 2 fully saturated rings. The predicted molar refractivity (Wildman–Crippen MR) is 107 cm³/mol. The number of nitrogens with zero attached hydrogens (tertiary/aromatic N) is 1. The average molecular weight is 406 g/mol. The van der Waals surface area contributed by atoms with Crippen molar-refractivity contribution in [2.75, 3.05) is 13.2 Å². The molecule has 6 heteroatoms. The Morgan fingerprint density at radius 3 is 2.86 bits per heavy atom. The Bertz CT molecular complexity index is 701. The highest BCUT2D eigenvalue weighted by molar-refractivity contribution is 6.30. The lowest BCUT2D eigenvalue weighted by Crippen LogP contribution is -2.35. The molecule has 2 aliphatic rings. The zero-order valence-electron chi connectivity index (χ0n) is 16.0. The lowest BCUT2D eigenvalue weighted by atomic mass is 9.86. The van der Waals surface area contributed by atoms with Gasteiger partial charge in [-0.05, 0) is 55.9 Å². The summed E-state index contributed by atoms with van der Waals surface area (Å²) in [6, 6.07) is 9.13. The minimum atomic E-state index is -0.757. The monoisotopic (exact) mass is 405 g/mol. The number of unbranched alkanes of at least 4 members (excludes halogenated alkanes) is 1. The highest BCUT2D eigenvalue weighted by atomic mass is 35.5. The molecule has 5 nitrogen and oxygen atoms in total. The van der Waals surface area contributed by atoms with Crippen LogP contribution in [0.3, 0.4) is 0 Å². The highest BCUT2D eigenvalue weighted by Crippen LogP contribution is 2.52. The molecule has 152 valence electrons. The maximum absolute atomic E-state index is 11.2. The third-order valence-corrected chi connectivity index (χ3v) is 6.12. The van der Waals surface area contributed by atoms with Crippen molar-refractivity contribution in [3.63, 3.8) is 0 Å². The van der Waals surface area contributed by atoms with Crippen LogP contribution in [-0.2, 0) is 4.74 Å². The molecule has 1 aromatic carbocycles. The lowest BCUT2D eigenvalue weighted by molar-refractivity contribution is -0.0212. The van der Waals surface area contributed by atoms with Gasteiger partial charge in [-0.3, -0.25) is 0 Å². The molecule has 2 unspecified atom stereocenters. The first-order chi connectivity index (χ1) is 13.5. The molecule has 2 N–H and O–H groups in total. The summed E-state index contributed by atoms with van der Waals surface area (Å²) in [5.41, 5.74) is -0.757. The standard InChI is InChI=1S/C22H28ClNO4/c23-18-6-9-20(10-7-18)28-15-19(25)8-5-16-3-4-17-13-21(14-22(16,17)26)27-12-2-1-11-24/h5-10,16-17,19,21,25-26H,1-4,12-15H2/t16-,17+,19?,21?,22+/m0/s1. The van der Waals surface area contributed by atoms with Crippen molar-refractivity contribution in [2.45, 2.75) is 56.3 Å². The first-order valence-corrected chi connectivity index (χ1v) is 10.3. The summed E-state index contributed by atoms with van der Waals surface area (Å²) in [7, 11) is 0. The minimum absolute atomic E-state index is 0.0235. The lowest BCUT2D eigenvalue weighted by Gasteiger charge is -2.28. The maximum atomic E-state index is 11.2. The van der Waals surface area contributed by atoms with Crippen LogP contribution >= 0.6 is 11.6 Å². The van der Waals surface area contributed by atoms with Crippen LogP contribution in [0.4, 0.5) is 0 Å². The Morgan fingerprint density at radius 2 is 2.11 bits per heavy atom. The molecule has 3 rings (SSSR count). The Morgan fingerprint density at radius 1 is 1.32 bits per heavy atom. The van der Waals surface area contributed by atoms with Gasteiger partial charge in [0, 0.05) is 30.4 Å². The third-order valence-electron chi connectivity index (χ3n) is 5.86. The van der Waals surface area contributed by atoms with Crippen LogP contribution in [0.1, 0.15) is 38.5 Å². The van der Waals surface area contributed by atoms with Crippen molar-refractivity contribution in [1.82, 2.24) is 0 Å². The van der Waals surface area contributed by atoms with Gasteiger partial charge in [0.25, 0.3) is 0 Å². The van der Waals surface area contributed by atoms with Gasteiger partial charge in [0.2, 0.25) is 0 Å². The zero-order valence-corrected chi connectivity index (χ0v) is 16.7. The summed E-state index contributed by atoms with van der Waals surface area (Å²) in [5, 5.41) is 30.6. The average Bonchev–Trinajstić information content (AvgIpc) is 3.16. The van der Waals surface area contributed by atoms with Crippen LogP contribution < -0.4 is 4.74 Å². The van der Waals surface area contributed by atoms with Crippen molar-refractivity contribution >= 4 is 11.6 Å². The molecule has 0 aromatic heterocycles. The van der Waals surface area contributed by atoms with E-state index in [0.29, 0.717) is 30.2 Å². The quantitative estimate of drug-likeness (QED) is 0.481. The summed E-state index contributed by atoms with van der Waals surface area (Å²) in [4.78, 5) is 0. The van der Waals surface area contributed by atoms with Crippen molar-refractivity contribution in [1.29, 1.82) is 5.26 Å². The first kappa shape index (κ1) is 21.1. The number of aliphatic hydroxyl groups is 2. The van der Waals surface area contributed by atoms with Gasteiger partial charge in [0.1, 0.15) is 18.5 Å². The molecule has 0 spiro atoms. The molecule has 1 aromatic rings. The van der Waals surface area contributed by atoms with Crippen LogP contribution in [0.25, 0.3) is 0 Å². The van der Waals surface area contributed by atoms with E-state index in [9.17, 15) is 10.2 Å². The molecule has 5 atom stereocenters. The minimum Gasteiger partial charge on any atom is -0.491 e. The smallest absolute Gasteiger partial charge is 0.119 e. The van der Waals surface area contributed by atoms with Crippen LogP contribution in [-0.4, -0.2) is 41.2 Å². The largest absolute Gasteiger partial charge is 0.491 e. The number of fused-ring (bicyclic) bond motifs is 1. The summed E-state index contributed by atoms with van der Waals surface area (Å²) in [6.45, 7) is 0.722. The second-order valence-corrected chi connectivity index (χ2v) is 8.22. The second-order valence-electron chi connectivity index (χ2n) is 7.78. The van der Waals surface area contributed by atoms with Gasteiger partial charge in [-0.15, -0.1) is 0 Å². The van der Waals surface area contributed by atoms with E-state index in [0.717, 1.165) is 25.7 Å². The number of nitriles is 1. The SMILES string of the molecule is N#CCCCOC1C[C@H]2CC[C@@H](C=CC(O)COc3ccc(Cl)cc3)[C@]2(O)C1. The first-order valence-electron chi connectivity index (χ1n) is 9.97. The zero-order chi connectivity index (χ0) is 20.0. The van der Waals surface area contributed by atoms with Crippen LogP contribution in [0.2, 0.25) is 5.02 Å². The number of benzene rings is 1. The highest BCUT2D eigenvalue weighted by Gasteiger charge is 2.54. The molecule has 0 heterocycles. The molecular weight excluding hydrogens is 378 g/mol. The molecule has 2 aliphatic carbocycles. The number of rotatable bonds is 9. The Hall–Kier alpha value is -1.58. The fraction of sp³-hybridized carbons (Fsp3) is 0.591. The molecule has 0 radical (unpaired) electrons. The van der Waals surface area contributed by atoms with E-state index < -0.39 is 11.7 Å². The van der Waals surface area contributed by atoms with Crippen molar-refractivity contribution in [2.24, 2.45) is 11.8 Å². The Balaban J connectivity index is 1.47. The van der Waals surface area contributed by atoms with E-state index in [1.807, 2.05) is 6.08 Å². The van der Waals surface area contributed by atoms with E-state index in [-0.39, 0.29) is 24.5 Å². The summed E-state index contributed by atoms with van der Waals surface area (Å²) in [6.07, 6.45) is 7.61. The number of ether oxygens (including phenoxy) is 2. The van der Waals surface area contributed by atoms with Gasteiger partial charge in [-0.1, -0.05) is 23.8 Å². The van der Waals surface area contributed by atoms with Gasteiger partial charge < -0.3 is 19.7 Å². The molecular formula is C22H28ClNO4. The van der Waals surface area contributed by atoms with Gasteiger partial charge in [-0.2, -0.15) is 5.26 Å². The van der Waals surface area contributed by atoms with Crippen molar-refractivity contribution in [3.8, 4) is 11.8 Å². The van der Waals surface area contributed by atoms with Crippen molar-refractivity contribution < 1.29 is 19.7 Å². The molecule has 0 bridgehead atoms. The van der Waals surface area contributed by atoms with E-state index in [2.05, 4.69) is 6.07 Å². The Kier molecular flexibility index (Phi) is 7.36. The van der Waals surface area contributed by atoms with E-state index in [1.165, 1.54) is 0 Å². The van der Waals surface area contributed by atoms with Gasteiger partial charge in [-0.25, -0.2) is 0 Å². The number of aliphatic hydroxyl groups excluding tert-OH is 1. The van der Waals surface area contributed by atoms with Gasteiger partial charge in [0.15, 0.2) is 0 Å². The molecule has 0 aliphatic heterocycles. The van der Waals surface area contributed by atoms with Gasteiger partial charge >= 0.3 is 0 Å². The summed E-state index contributed by atoms with van der Waals surface area (Å²) >= 11 is 5.84. The van der Waals surface area contributed by atoms with Crippen LogP contribution in [0, 0.1) is 23.2 Å². The summed E-state index contributed by atoms with van der Waals surface area (Å²) < 4.78 is 11.4. The maximum Gasteiger partial charge on any atom is 0.119 e. The van der Waals surface area contributed by atoms with E-state index in [1.54, 1.807) is 30.3 Å². The van der Waals surface area contributed by atoms with Crippen LogP contribution in [0.15, 0.2) is 36.4 Å². The number of hydrogen-bond donors (Lipinski definition) is 2. The van der Waals surface area contributed by atoms with Crippen LogP contribution in [0.5, 0.6) is 5.75 Å². The predicted octanol–water partition coefficient (Wildman–Crippen LogP) is 3.88.